The fourth-order valence-electron chi connectivity index (χ4n) is 2.07. The highest BCUT2D eigenvalue weighted by Gasteiger charge is 2.04. The molecule has 1 rings (SSSR count). The van der Waals surface area contributed by atoms with Crippen molar-refractivity contribution in [3.63, 3.8) is 0 Å². The minimum absolute atomic E-state index is 0.0729. The number of hydrogen-bond donors (Lipinski definition) is 2. The van der Waals surface area contributed by atoms with Crippen LogP contribution in [0, 0.1) is 0 Å². The number of carbonyl (C=O) groups is 1. The van der Waals surface area contributed by atoms with Gasteiger partial charge in [-0.2, -0.15) is 0 Å². The van der Waals surface area contributed by atoms with E-state index in [0.29, 0.717) is 12.1 Å². The van der Waals surface area contributed by atoms with Gasteiger partial charge in [-0.3, -0.25) is 4.79 Å². The van der Waals surface area contributed by atoms with E-state index in [1.165, 1.54) is 11.1 Å². The topological polar surface area (TPSA) is 41.1 Å². The van der Waals surface area contributed by atoms with Gasteiger partial charge < -0.3 is 10.6 Å². The Morgan fingerprint density at radius 2 is 1.90 bits per heavy atom. The van der Waals surface area contributed by atoms with Crippen molar-refractivity contribution in [2.45, 2.75) is 26.7 Å². The van der Waals surface area contributed by atoms with Gasteiger partial charge in [0.15, 0.2) is 0 Å². The van der Waals surface area contributed by atoms with E-state index in [0.717, 1.165) is 31.5 Å². The third-order valence-corrected chi connectivity index (χ3v) is 3.32. The van der Waals surface area contributed by atoms with Gasteiger partial charge >= 0.3 is 0 Å². The monoisotopic (exact) mass is 286 g/mol. The van der Waals surface area contributed by atoms with Crippen LogP contribution >= 0.6 is 0 Å². The summed E-state index contributed by atoms with van der Waals surface area (Å²) in [5.74, 6) is -0.0729. The Bertz CT molecular complexity index is 506. The second kappa shape index (κ2) is 9.14. The van der Waals surface area contributed by atoms with Gasteiger partial charge in [0.1, 0.15) is 0 Å². The van der Waals surface area contributed by atoms with Crippen molar-refractivity contribution in [1.82, 2.24) is 10.6 Å². The van der Waals surface area contributed by atoms with Crippen LogP contribution in [0.15, 0.2) is 43.0 Å². The number of nitrogens with one attached hydrogen (secondary N) is 2. The molecule has 1 amide bonds. The van der Waals surface area contributed by atoms with Gasteiger partial charge in [-0.25, -0.2) is 0 Å². The second-order valence-electron chi connectivity index (χ2n) is 5.18. The first-order chi connectivity index (χ1) is 10.1. The molecule has 0 aliphatic heterocycles. The third-order valence-electron chi connectivity index (χ3n) is 3.32. The maximum Gasteiger partial charge on any atom is 0.246 e. The summed E-state index contributed by atoms with van der Waals surface area (Å²) in [5, 5.41) is 6.18. The molecule has 0 atom stereocenters. The summed E-state index contributed by atoms with van der Waals surface area (Å²) in [6.07, 6.45) is 1.91. The van der Waals surface area contributed by atoms with Crippen LogP contribution in [0.25, 0.3) is 5.57 Å². The minimum atomic E-state index is -0.0729. The summed E-state index contributed by atoms with van der Waals surface area (Å²) < 4.78 is 0. The van der Waals surface area contributed by atoms with E-state index in [9.17, 15) is 4.79 Å². The summed E-state index contributed by atoms with van der Waals surface area (Å²) in [4.78, 5) is 11.3. The molecule has 1 aromatic rings. The van der Waals surface area contributed by atoms with E-state index in [-0.39, 0.29) is 5.91 Å². The molecule has 1 aromatic carbocycles. The Labute approximate surface area is 128 Å². The summed E-state index contributed by atoms with van der Waals surface area (Å²) >= 11 is 0. The number of amides is 1. The van der Waals surface area contributed by atoms with Crippen LogP contribution in [0.3, 0.4) is 0 Å². The third kappa shape index (κ3) is 5.96. The normalized spacial score (nSPS) is 10.2. The maximum atomic E-state index is 11.3. The van der Waals surface area contributed by atoms with Crippen LogP contribution in [0.2, 0.25) is 0 Å². The van der Waals surface area contributed by atoms with Crippen molar-refractivity contribution < 1.29 is 4.79 Å². The molecule has 3 heteroatoms. The molecule has 21 heavy (non-hydrogen) atoms. The number of rotatable bonds is 9. The van der Waals surface area contributed by atoms with E-state index >= 15 is 0 Å². The molecule has 2 N–H and O–H groups in total. The van der Waals surface area contributed by atoms with Gasteiger partial charge in [0.25, 0.3) is 0 Å². The predicted octanol–water partition coefficient (Wildman–Crippen LogP) is 2.93. The van der Waals surface area contributed by atoms with Crippen molar-refractivity contribution in [2.24, 2.45) is 0 Å². The van der Waals surface area contributed by atoms with E-state index in [1.54, 1.807) is 6.92 Å². The zero-order chi connectivity index (χ0) is 15.7. The van der Waals surface area contributed by atoms with Crippen molar-refractivity contribution >= 4 is 11.5 Å². The largest absolute Gasteiger partial charge is 0.352 e. The summed E-state index contributed by atoms with van der Waals surface area (Å²) in [5.41, 5.74) is 4.23. The SMILES string of the molecule is C=C(C)C(=O)NCCCNCC(=C)c1ccccc1CC. The lowest BCUT2D eigenvalue weighted by Crippen LogP contribution is -2.28. The van der Waals surface area contributed by atoms with Gasteiger partial charge in [-0.1, -0.05) is 44.3 Å². The van der Waals surface area contributed by atoms with Crippen molar-refractivity contribution in [2.75, 3.05) is 19.6 Å². The molecule has 0 saturated heterocycles. The van der Waals surface area contributed by atoms with Crippen LogP contribution in [0.4, 0.5) is 0 Å². The molecular formula is C18H26N2O. The Hall–Kier alpha value is -1.87. The van der Waals surface area contributed by atoms with Gasteiger partial charge in [-0.05, 0) is 43.0 Å². The Morgan fingerprint density at radius 1 is 1.19 bits per heavy atom. The predicted molar refractivity (Wildman–Crippen MR) is 90.2 cm³/mol. The van der Waals surface area contributed by atoms with Gasteiger partial charge in [0.2, 0.25) is 5.91 Å². The summed E-state index contributed by atoms with van der Waals surface area (Å²) in [6, 6.07) is 8.38. The minimum Gasteiger partial charge on any atom is -0.352 e. The average Bonchev–Trinajstić information content (AvgIpc) is 2.49. The molecule has 0 aliphatic rings. The molecular weight excluding hydrogens is 260 g/mol. The molecule has 3 nitrogen and oxygen atoms in total. The quantitative estimate of drug-likeness (QED) is 0.541. The highest BCUT2D eigenvalue weighted by Crippen LogP contribution is 2.17. The lowest BCUT2D eigenvalue weighted by molar-refractivity contribution is -0.117. The summed E-state index contributed by atoms with van der Waals surface area (Å²) in [6.45, 7) is 13.9. The fourth-order valence-corrected chi connectivity index (χ4v) is 2.07. The zero-order valence-corrected chi connectivity index (χ0v) is 13.2. The Balaban J connectivity index is 2.25. The lowest BCUT2D eigenvalue weighted by atomic mass is 9.99. The molecule has 0 saturated carbocycles. The number of aryl methyl sites for hydroxylation is 1. The average molecular weight is 286 g/mol. The molecule has 114 valence electrons. The first-order valence-corrected chi connectivity index (χ1v) is 7.46. The molecule has 0 aliphatic carbocycles. The summed E-state index contributed by atoms with van der Waals surface area (Å²) in [7, 11) is 0. The van der Waals surface area contributed by atoms with Crippen LogP contribution < -0.4 is 10.6 Å². The molecule has 0 unspecified atom stereocenters. The van der Waals surface area contributed by atoms with E-state index in [2.05, 4.69) is 48.9 Å². The Kier molecular flexibility index (Phi) is 7.48. The first kappa shape index (κ1) is 17.2. The molecule has 0 radical (unpaired) electrons. The highest BCUT2D eigenvalue weighted by atomic mass is 16.1. The van der Waals surface area contributed by atoms with Crippen LogP contribution in [-0.2, 0) is 11.2 Å². The Morgan fingerprint density at radius 3 is 2.57 bits per heavy atom. The van der Waals surface area contributed by atoms with Crippen molar-refractivity contribution in [1.29, 1.82) is 0 Å². The van der Waals surface area contributed by atoms with E-state index in [4.69, 9.17) is 0 Å². The van der Waals surface area contributed by atoms with Crippen LogP contribution in [0.1, 0.15) is 31.4 Å². The van der Waals surface area contributed by atoms with Crippen molar-refractivity contribution in [3.05, 3.63) is 54.1 Å². The van der Waals surface area contributed by atoms with Crippen LogP contribution in [-0.4, -0.2) is 25.5 Å². The molecule has 0 aromatic heterocycles. The van der Waals surface area contributed by atoms with Gasteiger partial charge in [-0.15, -0.1) is 0 Å². The first-order valence-electron chi connectivity index (χ1n) is 7.46. The smallest absolute Gasteiger partial charge is 0.246 e. The standard InChI is InChI=1S/C18H26N2O/c1-5-16-9-6-7-10-17(16)15(4)13-19-11-8-12-20-18(21)14(2)3/h6-7,9-10,19H,2,4-5,8,11-13H2,1,3H3,(H,20,21). The molecule has 0 spiro atoms. The highest BCUT2D eigenvalue weighted by molar-refractivity contribution is 5.91. The van der Waals surface area contributed by atoms with Crippen molar-refractivity contribution in [3.8, 4) is 0 Å². The van der Waals surface area contributed by atoms with Gasteiger partial charge in [0, 0.05) is 18.7 Å². The number of benzene rings is 1. The molecule has 0 bridgehead atoms. The van der Waals surface area contributed by atoms with Crippen LogP contribution in [0.5, 0.6) is 0 Å². The number of carbonyl (C=O) groups excluding carboxylic acids is 1. The lowest BCUT2D eigenvalue weighted by Gasteiger charge is -2.12. The van der Waals surface area contributed by atoms with E-state index in [1.807, 2.05) is 6.07 Å². The second-order valence-corrected chi connectivity index (χ2v) is 5.18. The zero-order valence-electron chi connectivity index (χ0n) is 13.2. The number of hydrogen-bond acceptors (Lipinski definition) is 2. The van der Waals surface area contributed by atoms with Gasteiger partial charge in [0.05, 0.1) is 0 Å². The van der Waals surface area contributed by atoms with E-state index < -0.39 is 0 Å². The molecule has 0 heterocycles. The molecule has 0 fully saturated rings. The fraction of sp³-hybridized carbons (Fsp3) is 0.389. The maximum absolute atomic E-state index is 11.3.